The molecule has 0 amide bonds. The third-order valence-corrected chi connectivity index (χ3v) is 3.96. The monoisotopic (exact) mass is 243 g/mol. The summed E-state index contributed by atoms with van der Waals surface area (Å²) >= 11 is 0. The van der Waals surface area contributed by atoms with Gasteiger partial charge in [0.1, 0.15) is 5.82 Å². The van der Waals surface area contributed by atoms with E-state index in [2.05, 4.69) is 33.5 Å². The van der Waals surface area contributed by atoms with Gasteiger partial charge in [0, 0.05) is 0 Å². The zero-order valence-corrected chi connectivity index (χ0v) is 11.0. The van der Waals surface area contributed by atoms with E-state index < -0.39 is 0 Å². The summed E-state index contributed by atoms with van der Waals surface area (Å²) in [5.74, 6) is 1.91. The number of rotatable bonds is 3. The predicted octanol–water partition coefficient (Wildman–Crippen LogP) is 2.80. The number of H-pyrrole nitrogens is 1. The number of hydrogen-bond donors (Lipinski definition) is 2. The minimum absolute atomic E-state index is 0.908. The summed E-state index contributed by atoms with van der Waals surface area (Å²) in [5.41, 5.74) is 3.69. The number of nitrogens with one attached hydrogen (secondary N) is 2. The Bertz CT molecular complexity index is 524. The van der Waals surface area contributed by atoms with E-state index in [0.29, 0.717) is 0 Å². The molecule has 2 N–H and O–H groups in total. The van der Waals surface area contributed by atoms with Crippen LogP contribution >= 0.6 is 0 Å². The molecule has 2 heterocycles. The lowest BCUT2D eigenvalue weighted by atomic mass is 9.91. The molecule has 3 heteroatoms. The van der Waals surface area contributed by atoms with Crippen molar-refractivity contribution in [3.05, 3.63) is 29.6 Å². The van der Waals surface area contributed by atoms with Crippen molar-refractivity contribution < 1.29 is 0 Å². The molecule has 1 aliphatic rings. The van der Waals surface area contributed by atoms with Crippen LogP contribution in [0, 0.1) is 12.8 Å². The number of fused-ring (bicyclic) bond motifs is 1. The first-order valence-electron chi connectivity index (χ1n) is 6.97. The number of aryl methyl sites for hydroxylation is 2. The maximum atomic E-state index is 4.44. The van der Waals surface area contributed by atoms with Gasteiger partial charge in [-0.1, -0.05) is 6.07 Å². The van der Waals surface area contributed by atoms with Gasteiger partial charge < -0.3 is 10.3 Å². The molecule has 96 valence electrons. The molecular formula is C15H21N3. The van der Waals surface area contributed by atoms with Gasteiger partial charge in [-0.25, -0.2) is 4.98 Å². The van der Waals surface area contributed by atoms with Crippen molar-refractivity contribution in [2.24, 2.45) is 5.92 Å². The van der Waals surface area contributed by atoms with Crippen LogP contribution in [0.25, 0.3) is 11.0 Å². The Morgan fingerprint density at radius 2 is 2.11 bits per heavy atom. The SMILES string of the molecule is Cc1nc2ccc(CCC3CCNCC3)cc2[nH]1. The fourth-order valence-electron chi connectivity index (χ4n) is 2.88. The van der Waals surface area contributed by atoms with Gasteiger partial charge in [-0.2, -0.15) is 0 Å². The average molecular weight is 243 g/mol. The molecule has 3 rings (SSSR count). The maximum absolute atomic E-state index is 4.44. The Kier molecular flexibility index (Phi) is 3.33. The first kappa shape index (κ1) is 11.7. The summed E-state index contributed by atoms with van der Waals surface area (Å²) in [6.07, 6.45) is 5.19. The van der Waals surface area contributed by atoms with Gasteiger partial charge in [0.05, 0.1) is 11.0 Å². The fraction of sp³-hybridized carbons (Fsp3) is 0.533. The van der Waals surface area contributed by atoms with Crippen LogP contribution in [0.5, 0.6) is 0 Å². The molecule has 0 spiro atoms. The number of hydrogen-bond acceptors (Lipinski definition) is 2. The first-order valence-corrected chi connectivity index (χ1v) is 6.97. The highest BCUT2D eigenvalue weighted by Crippen LogP contribution is 2.20. The molecular weight excluding hydrogens is 222 g/mol. The minimum atomic E-state index is 0.908. The lowest BCUT2D eigenvalue weighted by molar-refractivity contribution is 0.354. The average Bonchev–Trinajstić information content (AvgIpc) is 2.77. The lowest BCUT2D eigenvalue weighted by Gasteiger charge is -2.22. The third kappa shape index (κ3) is 2.56. The van der Waals surface area contributed by atoms with Gasteiger partial charge in [-0.3, -0.25) is 0 Å². The molecule has 1 saturated heterocycles. The molecule has 0 atom stereocenters. The molecule has 1 aromatic carbocycles. The van der Waals surface area contributed by atoms with Crippen LogP contribution in [-0.4, -0.2) is 23.1 Å². The van der Waals surface area contributed by atoms with Gasteiger partial charge >= 0.3 is 0 Å². The first-order chi connectivity index (χ1) is 8.81. The Morgan fingerprint density at radius 1 is 1.28 bits per heavy atom. The van der Waals surface area contributed by atoms with Crippen LogP contribution in [0.15, 0.2) is 18.2 Å². The number of piperidine rings is 1. The zero-order chi connectivity index (χ0) is 12.4. The number of benzene rings is 1. The standard InChI is InChI=1S/C15H21N3/c1-11-17-14-5-4-13(10-15(14)18-11)3-2-12-6-8-16-9-7-12/h4-5,10,12,16H,2-3,6-9H2,1H3,(H,17,18). The highest BCUT2D eigenvalue weighted by Gasteiger charge is 2.12. The van der Waals surface area contributed by atoms with Gasteiger partial charge in [-0.15, -0.1) is 0 Å². The molecule has 2 aromatic rings. The van der Waals surface area contributed by atoms with Crippen LogP contribution in [0.4, 0.5) is 0 Å². The summed E-state index contributed by atoms with van der Waals surface area (Å²) in [6.45, 7) is 4.40. The number of aromatic nitrogens is 2. The molecule has 1 aromatic heterocycles. The summed E-state index contributed by atoms with van der Waals surface area (Å²) < 4.78 is 0. The Labute approximate surface area is 108 Å². The van der Waals surface area contributed by atoms with Crippen LogP contribution in [-0.2, 0) is 6.42 Å². The zero-order valence-electron chi connectivity index (χ0n) is 11.0. The summed E-state index contributed by atoms with van der Waals surface area (Å²) in [4.78, 5) is 7.76. The minimum Gasteiger partial charge on any atom is -0.342 e. The summed E-state index contributed by atoms with van der Waals surface area (Å²) in [5, 5.41) is 3.43. The van der Waals surface area contributed by atoms with E-state index >= 15 is 0 Å². The molecule has 18 heavy (non-hydrogen) atoms. The van der Waals surface area contributed by atoms with E-state index in [1.165, 1.54) is 49.9 Å². The number of imidazole rings is 1. The van der Waals surface area contributed by atoms with Crippen LogP contribution < -0.4 is 5.32 Å². The molecule has 0 unspecified atom stereocenters. The van der Waals surface area contributed by atoms with Crippen molar-refractivity contribution in [2.75, 3.05) is 13.1 Å². The molecule has 1 aliphatic heterocycles. The molecule has 0 saturated carbocycles. The van der Waals surface area contributed by atoms with Crippen LogP contribution in [0.1, 0.15) is 30.7 Å². The molecule has 3 nitrogen and oxygen atoms in total. The molecule has 0 radical (unpaired) electrons. The van der Waals surface area contributed by atoms with Crippen molar-refractivity contribution in [3.63, 3.8) is 0 Å². The van der Waals surface area contributed by atoms with E-state index in [4.69, 9.17) is 0 Å². The Morgan fingerprint density at radius 3 is 2.94 bits per heavy atom. The highest BCUT2D eigenvalue weighted by atomic mass is 14.9. The topological polar surface area (TPSA) is 40.7 Å². The second-order valence-electron chi connectivity index (χ2n) is 5.41. The lowest BCUT2D eigenvalue weighted by Crippen LogP contribution is -2.27. The van der Waals surface area contributed by atoms with Gasteiger partial charge in [0.25, 0.3) is 0 Å². The normalized spacial score (nSPS) is 17.4. The number of aromatic amines is 1. The highest BCUT2D eigenvalue weighted by molar-refractivity contribution is 5.75. The Hall–Kier alpha value is -1.35. The fourth-order valence-corrected chi connectivity index (χ4v) is 2.88. The largest absolute Gasteiger partial charge is 0.342 e. The predicted molar refractivity (Wildman–Crippen MR) is 74.7 cm³/mol. The van der Waals surface area contributed by atoms with Gasteiger partial charge in [-0.05, 0) is 69.3 Å². The molecule has 0 bridgehead atoms. The van der Waals surface area contributed by atoms with Gasteiger partial charge in [0.15, 0.2) is 0 Å². The van der Waals surface area contributed by atoms with Crippen LogP contribution in [0.3, 0.4) is 0 Å². The van der Waals surface area contributed by atoms with Gasteiger partial charge in [0.2, 0.25) is 0 Å². The maximum Gasteiger partial charge on any atom is 0.104 e. The third-order valence-electron chi connectivity index (χ3n) is 3.96. The smallest absolute Gasteiger partial charge is 0.104 e. The summed E-state index contributed by atoms with van der Waals surface area (Å²) in [6, 6.07) is 6.62. The van der Waals surface area contributed by atoms with Crippen molar-refractivity contribution >= 4 is 11.0 Å². The molecule has 1 fully saturated rings. The Balaban J connectivity index is 1.66. The van der Waals surface area contributed by atoms with E-state index in [1.807, 2.05) is 6.92 Å². The van der Waals surface area contributed by atoms with E-state index in [-0.39, 0.29) is 0 Å². The summed E-state index contributed by atoms with van der Waals surface area (Å²) in [7, 11) is 0. The second kappa shape index (κ2) is 5.11. The quantitative estimate of drug-likeness (QED) is 0.870. The molecule has 0 aliphatic carbocycles. The van der Waals surface area contributed by atoms with E-state index in [0.717, 1.165) is 17.3 Å². The van der Waals surface area contributed by atoms with Crippen molar-refractivity contribution in [1.29, 1.82) is 0 Å². The number of nitrogens with zero attached hydrogens (tertiary/aromatic N) is 1. The van der Waals surface area contributed by atoms with Crippen molar-refractivity contribution in [2.45, 2.75) is 32.6 Å². The van der Waals surface area contributed by atoms with E-state index in [1.54, 1.807) is 0 Å². The van der Waals surface area contributed by atoms with E-state index in [9.17, 15) is 0 Å². The van der Waals surface area contributed by atoms with Crippen molar-refractivity contribution in [1.82, 2.24) is 15.3 Å². The van der Waals surface area contributed by atoms with Crippen LogP contribution in [0.2, 0.25) is 0 Å². The second-order valence-corrected chi connectivity index (χ2v) is 5.41. The van der Waals surface area contributed by atoms with Crippen molar-refractivity contribution in [3.8, 4) is 0 Å².